The zero-order valence-electron chi connectivity index (χ0n) is 41.1. The molecule has 72 heavy (non-hydrogen) atoms. The number of rotatable bonds is 7. The third-order valence-corrected chi connectivity index (χ3v) is 16.9. The molecule has 0 aliphatic heterocycles. The molecule has 4 aliphatic carbocycles. The molecule has 2 atom stereocenters. The van der Waals surface area contributed by atoms with Crippen LogP contribution in [0.1, 0.15) is 81.3 Å². The molecule has 0 saturated heterocycles. The van der Waals surface area contributed by atoms with E-state index in [1.165, 1.54) is 113 Å². The van der Waals surface area contributed by atoms with Crippen molar-refractivity contribution >= 4 is 34.1 Å². The second-order valence-electron chi connectivity index (χ2n) is 20.8. The summed E-state index contributed by atoms with van der Waals surface area (Å²) < 4.78 is 0. The van der Waals surface area contributed by atoms with Crippen LogP contribution in [0, 0.1) is 13.8 Å². The maximum absolute atomic E-state index is 2.51. The number of fused-ring (bicyclic) bond motifs is 14. The van der Waals surface area contributed by atoms with E-state index in [1.54, 1.807) is 0 Å². The van der Waals surface area contributed by atoms with Gasteiger partial charge in [0, 0.05) is 45.0 Å². The fourth-order valence-electron chi connectivity index (χ4n) is 13.7. The van der Waals surface area contributed by atoms with Gasteiger partial charge in [-0.3, -0.25) is 0 Å². The quantitative estimate of drug-likeness (QED) is 0.157. The van der Waals surface area contributed by atoms with Crippen molar-refractivity contribution in [3.05, 3.63) is 286 Å². The van der Waals surface area contributed by atoms with E-state index in [0.29, 0.717) is 0 Å². The number of benzene rings is 10. The molecule has 2 spiro atoms. The monoisotopic (exact) mass is 924 g/mol. The second kappa shape index (κ2) is 16.7. The van der Waals surface area contributed by atoms with Crippen LogP contribution in [0.15, 0.2) is 231 Å². The SMILES string of the molecule is Cc1ccc(N(c2ccc(-c3ccc(N(c4ccc(C)cc4)c4ccc5c(c4)C4(CCCc6ccccc64)c4ccccc4-5)cc3)cc2)c2ccc3c(c2)C2(CCCc4ccccc42)c2ccccc2-3)cc1. The molecule has 2 heteroatoms. The average Bonchev–Trinajstić information content (AvgIpc) is 3.86. The van der Waals surface area contributed by atoms with Gasteiger partial charge in [-0.2, -0.15) is 0 Å². The lowest BCUT2D eigenvalue weighted by Gasteiger charge is -2.38. The lowest BCUT2D eigenvalue weighted by atomic mass is 9.64. The van der Waals surface area contributed by atoms with Gasteiger partial charge >= 0.3 is 0 Å². The van der Waals surface area contributed by atoms with E-state index >= 15 is 0 Å². The highest BCUT2D eigenvalue weighted by Gasteiger charge is 2.48. The maximum Gasteiger partial charge on any atom is 0.0467 e. The summed E-state index contributed by atoms with van der Waals surface area (Å²) >= 11 is 0. The second-order valence-corrected chi connectivity index (χ2v) is 20.8. The summed E-state index contributed by atoms with van der Waals surface area (Å²) in [5, 5.41) is 0. The van der Waals surface area contributed by atoms with Crippen LogP contribution in [0.25, 0.3) is 33.4 Å². The summed E-state index contributed by atoms with van der Waals surface area (Å²) in [7, 11) is 0. The smallest absolute Gasteiger partial charge is 0.0467 e. The molecule has 14 rings (SSSR count). The summed E-state index contributed by atoms with van der Waals surface area (Å²) in [5.41, 5.74) is 28.5. The van der Waals surface area contributed by atoms with Crippen LogP contribution in [-0.4, -0.2) is 0 Å². The molecule has 0 N–H and O–H groups in total. The predicted molar refractivity (Wildman–Crippen MR) is 300 cm³/mol. The first-order valence-electron chi connectivity index (χ1n) is 26.1. The van der Waals surface area contributed by atoms with Crippen LogP contribution < -0.4 is 9.80 Å². The molecule has 2 unspecified atom stereocenters. The Hall–Kier alpha value is -8.20. The van der Waals surface area contributed by atoms with Crippen molar-refractivity contribution in [3.63, 3.8) is 0 Å². The number of nitrogens with zero attached hydrogens (tertiary/aromatic N) is 2. The number of anilines is 6. The van der Waals surface area contributed by atoms with Crippen LogP contribution in [0.4, 0.5) is 34.1 Å². The van der Waals surface area contributed by atoms with E-state index < -0.39 is 0 Å². The lowest BCUT2D eigenvalue weighted by molar-refractivity contribution is 0.507. The van der Waals surface area contributed by atoms with Crippen LogP contribution in [-0.2, 0) is 23.7 Å². The molecule has 0 fully saturated rings. The van der Waals surface area contributed by atoms with Crippen LogP contribution in [0.5, 0.6) is 0 Å². The summed E-state index contributed by atoms with van der Waals surface area (Å²) in [6, 6.07) is 87.6. The summed E-state index contributed by atoms with van der Waals surface area (Å²) in [6.45, 7) is 4.34. The molecule has 0 aromatic heterocycles. The Morgan fingerprint density at radius 1 is 0.292 bits per heavy atom. The molecular weight excluding hydrogens is 869 g/mol. The van der Waals surface area contributed by atoms with Gasteiger partial charge in [0.25, 0.3) is 0 Å². The molecule has 0 radical (unpaired) electrons. The number of aryl methyl sites for hydroxylation is 4. The van der Waals surface area contributed by atoms with Gasteiger partial charge in [-0.05, 0) is 203 Å². The number of hydrogen-bond donors (Lipinski definition) is 0. The van der Waals surface area contributed by atoms with Crippen molar-refractivity contribution in [1.29, 1.82) is 0 Å². The van der Waals surface area contributed by atoms with E-state index in [2.05, 4.69) is 254 Å². The van der Waals surface area contributed by atoms with Crippen LogP contribution in [0.3, 0.4) is 0 Å². The van der Waals surface area contributed by atoms with E-state index in [-0.39, 0.29) is 10.8 Å². The normalized spacial score (nSPS) is 17.6. The van der Waals surface area contributed by atoms with E-state index in [4.69, 9.17) is 0 Å². The fraction of sp³-hybridized carbons (Fsp3) is 0.143. The molecule has 4 aliphatic rings. The molecule has 0 heterocycles. The average molecular weight is 925 g/mol. The molecule has 10 aromatic rings. The summed E-state index contributed by atoms with van der Waals surface area (Å²) in [5.74, 6) is 0. The first kappa shape index (κ1) is 42.7. The minimum Gasteiger partial charge on any atom is -0.310 e. The molecule has 0 bridgehead atoms. The Kier molecular flexibility index (Phi) is 9.90. The Balaban J connectivity index is 0.833. The van der Waals surface area contributed by atoms with Gasteiger partial charge in [0.05, 0.1) is 0 Å². The summed E-state index contributed by atoms with van der Waals surface area (Å²) in [4.78, 5) is 4.89. The highest BCUT2D eigenvalue weighted by atomic mass is 15.1. The molecule has 0 amide bonds. The van der Waals surface area contributed by atoms with Crippen molar-refractivity contribution in [2.45, 2.75) is 63.2 Å². The van der Waals surface area contributed by atoms with E-state index in [1.807, 2.05) is 0 Å². The van der Waals surface area contributed by atoms with Gasteiger partial charge in [-0.25, -0.2) is 0 Å². The molecular formula is C70H56N2. The Morgan fingerprint density at radius 2 is 0.611 bits per heavy atom. The zero-order chi connectivity index (χ0) is 48.0. The zero-order valence-corrected chi connectivity index (χ0v) is 41.1. The van der Waals surface area contributed by atoms with Crippen LogP contribution >= 0.6 is 0 Å². The van der Waals surface area contributed by atoms with Gasteiger partial charge in [0.2, 0.25) is 0 Å². The van der Waals surface area contributed by atoms with Gasteiger partial charge in [0.1, 0.15) is 0 Å². The Labute approximate surface area is 424 Å². The van der Waals surface area contributed by atoms with Crippen molar-refractivity contribution in [3.8, 4) is 33.4 Å². The highest BCUT2D eigenvalue weighted by molar-refractivity contribution is 5.90. The van der Waals surface area contributed by atoms with Crippen molar-refractivity contribution < 1.29 is 0 Å². The van der Waals surface area contributed by atoms with Gasteiger partial charge in [-0.1, -0.05) is 169 Å². The standard InChI is InChI=1S/C70H56N2/c1-47-23-31-53(32-24-47)71(57-39-41-61-59-17-5-9-21-65(59)69(67(61)45-57)43-11-15-51-13-3-7-19-63(51)69)55-35-27-49(28-36-55)50-29-37-56(38-30-50)72(54-33-25-48(2)26-34-54)58-40-42-62-60-18-6-10-22-66(60)70(68(62)46-58)44-12-16-52-14-4-8-20-64(52)70/h3-10,13-14,17-42,45-46H,11-12,15-16,43-44H2,1-2H3. The van der Waals surface area contributed by atoms with E-state index in [0.717, 1.165) is 48.4 Å². The van der Waals surface area contributed by atoms with E-state index in [9.17, 15) is 0 Å². The topological polar surface area (TPSA) is 6.48 Å². The largest absolute Gasteiger partial charge is 0.310 e. The minimum atomic E-state index is -0.170. The Bertz CT molecular complexity index is 3470. The van der Waals surface area contributed by atoms with Gasteiger partial charge in [-0.15, -0.1) is 0 Å². The van der Waals surface area contributed by atoms with Gasteiger partial charge < -0.3 is 9.80 Å². The summed E-state index contributed by atoms with van der Waals surface area (Å²) in [6.07, 6.45) is 6.81. The van der Waals surface area contributed by atoms with Crippen molar-refractivity contribution in [1.82, 2.24) is 0 Å². The fourth-order valence-corrected chi connectivity index (χ4v) is 13.7. The number of hydrogen-bond acceptors (Lipinski definition) is 2. The van der Waals surface area contributed by atoms with Gasteiger partial charge in [0.15, 0.2) is 0 Å². The third kappa shape index (κ3) is 6.48. The maximum atomic E-state index is 2.51. The molecule has 10 aromatic carbocycles. The highest BCUT2D eigenvalue weighted by Crippen LogP contribution is 2.60. The first-order chi connectivity index (χ1) is 35.5. The molecule has 346 valence electrons. The van der Waals surface area contributed by atoms with Crippen molar-refractivity contribution in [2.24, 2.45) is 0 Å². The molecule has 2 nitrogen and oxygen atoms in total. The lowest BCUT2D eigenvalue weighted by Crippen LogP contribution is -2.31. The molecule has 0 saturated carbocycles. The Morgan fingerprint density at radius 3 is 1.01 bits per heavy atom. The predicted octanol–water partition coefficient (Wildman–Crippen LogP) is 18.2. The van der Waals surface area contributed by atoms with Crippen LogP contribution in [0.2, 0.25) is 0 Å². The third-order valence-electron chi connectivity index (χ3n) is 16.9. The minimum absolute atomic E-state index is 0.170. The van der Waals surface area contributed by atoms with Crippen molar-refractivity contribution in [2.75, 3.05) is 9.80 Å². The first-order valence-corrected chi connectivity index (χ1v) is 26.1.